The number of nitrogen functional groups attached to an aromatic ring is 1. The molecule has 0 saturated carbocycles. The number of piperidine rings is 1. The summed E-state index contributed by atoms with van der Waals surface area (Å²) in [6.07, 6.45) is 3.20. The van der Waals surface area contributed by atoms with E-state index in [1.54, 1.807) is 17.0 Å². The van der Waals surface area contributed by atoms with Gasteiger partial charge in [0, 0.05) is 35.6 Å². The van der Waals surface area contributed by atoms with Gasteiger partial charge in [-0.1, -0.05) is 26.0 Å². The average molecular weight is 422 g/mol. The minimum absolute atomic E-state index is 0.0132. The van der Waals surface area contributed by atoms with Crippen LogP contribution in [0.25, 0.3) is 0 Å². The van der Waals surface area contributed by atoms with Crippen LogP contribution in [-0.4, -0.2) is 30.2 Å². The summed E-state index contributed by atoms with van der Waals surface area (Å²) in [6.45, 7) is 4.88. The lowest BCUT2D eigenvalue weighted by molar-refractivity contribution is -0.119. The SMILES string of the molecule is CC(C)CC(Nc1cccc(C(=N)N)c1)C(=O)Nc1ccc(N2CCCCC2=O)cc1. The van der Waals surface area contributed by atoms with Crippen molar-refractivity contribution in [2.24, 2.45) is 11.7 Å². The Kier molecular flexibility index (Phi) is 7.28. The van der Waals surface area contributed by atoms with Gasteiger partial charge >= 0.3 is 0 Å². The first-order valence-electron chi connectivity index (χ1n) is 10.8. The van der Waals surface area contributed by atoms with Crippen molar-refractivity contribution in [1.29, 1.82) is 5.41 Å². The van der Waals surface area contributed by atoms with E-state index in [2.05, 4.69) is 24.5 Å². The van der Waals surface area contributed by atoms with E-state index in [-0.39, 0.29) is 17.6 Å². The summed E-state index contributed by atoms with van der Waals surface area (Å²) in [5.41, 5.74) is 8.48. The molecule has 0 bridgehead atoms. The molecule has 3 rings (SSSR count). The third-order valence-electron chi connectivity index (χ3n) is 5.31. The molecule has 1 fully saturated rings. The van der Waals surface area contributed by atoms with Gasteiger partial charge in [0.05, 0.1) is 0 Å². The van der Waals surface area contributed by atoms with Crippen LogP contribution in [0.5, 0.6) is 0 Å². The molecule has 2 aromatic rings. The van der Waals surface area contributed by atoms with Crippen molar-refractivity contribution < 1.29 is 9.59 Å². The number of carbonyl (C=O) groups is 2. The van der Waals surface area contributed by atoms with Gasteiger partial charge in [-0.05, 0) is 61.6 Å². The third-order valence-corrected chi connectivity index (χ3v) is 5.31. The van der Waals surface area contributed by atoms with Gasteiger partial charge in [0.2, 0.25) is 11.8 Å². The molecule has 0 aromatic heterocycles. The summed E-state index contributed by atoms with van der Waals surface area (Å²) in [7, 11) is 0. The molecule has 1 aliphatic rings. The number of nitrogens with zero attached hydrogens (tertiary/aromatic N) is 1. The van der Waals surface area contributed by atoms with Crippen LogP contribution in [0, 0.1) is 11.3 Å². The van der Waals surface area contributed by atoms with E-state index >= 15 is 0 Å². The second kappa shape index (κ2) is 10.1. The topological polar surface area (TPSA) is 111 Å². The Morgan fingerprint density at radius 2 is 1.87 bits per heavy atom. The van der Waals surface area contributed by atoms with Crippen LogP contribution in [0.1, 0.15) is 45.1 Å². The van der Waals surface area contributed by atoms with Crippen LogP contribution < -0.4 is 21.3 Å². The van der Waals surface area contributed by atoms with Crippen LogP contribution in [-0.2, 0) is 9.59 Å². The zero-order valence-electron chi connectivity index (χ0n) is 18.2. The van der Waals surface area contributed by atoms with E-state index in [1.165, 1.54) is 0 Å². The molecule has 7 nitrogen and oxygen atoms in total. The van der Waals surface area contributed by atoms with E-state index in [9.17, 15) is 9.59 Å². The number of hydrogen-bond acceptors (Lipinski definition) is 4. The van der Waals surface area contributed by atoms with Gasteiger partial charge in [0.1, 0.15) is 11.9 Å². The zero-order chi connectivity index (χ0) is 22.4. The minimum Gasteiger partial charge on any atom is -0.384 e. The summed E-state index contributed by atoms with van der Waals surface area (Å²) < 4.78 is 0. The molecular formula is C24H31N5O2. The summed E-state index contributed by atoms with van der Waals surface area (Å²) in [6, 6.07) is 14.2. The van der Waals surface area contributed by atoms with Crippen molar-refractivity contribution in [3.05, 3.63) is 54.1 Å². The lowest BCUT2D eigenvalue weighted by atomic mass is 10.0. The molecule has 164 valence electrons. The molecular weight excluding hydrogens is 390 g/mol. The van der Waals surface area contributed by atoms with Gasteiger partial charge in [-0.25, -0.2) is 0 Å². The summed E-state index contributed by atoms with van der Waals surface area (Å²) >= 11 is 0. The monoisotopic (exact) mass is 421 g/mol. The van der Waals surface area contributed by atoms with Crippen LogP contribution in [0.3, 0.4) is 0 Å². The molecule has 0 spiro atoms. The number of amidine groups is 1. The van der Waals surface area contributed by atoms with Crippen LogP contribution in [0.4, 0.5) is 17.1 Å². The molecule has 0 aliphatic carbocycles. The summed E-state index contributed by atoms with van der Waals surface area (Å²) in [5, 5.41) is 13.9. The number of carbonyl (C=O) groups excluding carboxylic acids is 2. The number of nitrogens with two attached hydrogens (primary N) is 1. The second-order valence-corrected chi connectivity index (χ2v) is 8.36. The highest BCUT2D eigenvalue weighted by Crippen LogP contribution is 2.23. The number of nitrogens with one attached hydrogen (secondary N) is 3. The fourth-order valence-electron chi connectivity index (χ4n) is 3.71. The lowest BCUT2D eigenvalue weighted by Crippen LogP contribution is -2.36. The number of hydrogen-bond donors (Lipinski definition) is 4. The summed E-state index contributed by atoms with van der Waals surface area (Å²) in [4.78, 5) is 26.9. The second-order valence-electron chi connectivity index (χ2n) is 8.36. The number of rotatable bonds is 8. The lowest BCUT2D eigenvalue weighted by Gasteiger charge is -2.27. The molecule has 7 heteroatoms. The third kappa shape index (κ3) is 6.07. The first-order chi connectivity index (χ1) is 14.8. The molecule has 2 aromatic carbocycles. The highest BCUT2D eigenvalue weighted by atomic mass is 16.2. The Balaban J connectivity index is 1.69. The van der Waals surface area contributed by atoms with Crippen molar-refractivity contribution in [2.75, 3.05) is 22.1 Å². The average Bonchev–Trinajstić information content (AvgIpc) is 2.74. The van der Waals surface area contributed by atoms with Gasteiger partial charge in [-0.15, -0.1) is 0 Å². The summed E-state index contributed by atoms with van der Waals surface area (Å²) in [5.74, 6) is 0.313. The van der Waals surface area contributed by atoms with Gasteiger partial charge in [0.15, 0.2) is 0 Å². The maximum atomic E-state index is 13.0. The first kappa shape index (κ1) is 22.3. The van der Waals surface area contributed by atoms with Gasteiger partial charge in [-0.2, -0.15) is 0 Å². The van der Waals surface area contributed by atoms with E-state index < -0.39 is 6.04 Å². The Hall–Kier alpha value is -3.35. The maximum absolute atomic E-state index is 13.0. The van der Waals surface area contributed by atoms with E-state index in [0.717, 1.165) is 30.8 Å². The number of anilines is 3. The zero-order valence-corrected chi connectivity index (χ0v) is 18.2. The molecule has 1 saturated heterocycles. The van der Waals surface area contributed by atoms with Gasteiger partial charge in [0.25, 0.3) is 0 Å². The highest BCUT2D eigenvalue weighted by Gasteiger charge is 2.22. The molecule has 0 radical (unpaired) electrons. The molecule has 1 aliphatic heterocycles. The number of benzene rings is 2. The Morgan fingerprint density at radius 1 is 1.13 bits per heavy atom. The molecule has 31 heavy (non-hydrogen) atoms. The molecule has 1 atom stereocenters. The van der Waals surface area contributed by atoms with Crippen LogP contribution in [0.2, 0.25) is 0 Å². The van der Waals surface area contributed by atoms with E-state index in [0.29, 0.717) is 30.0 Å². The Bertz CT molecular complexity index is 939. The van der Waals surface area contributed by atoms with Crippen molar-refractivity contribution in [2.45, 2.75) is 45.6 Å². The molecule has 1 unspecified atom stereocenters. The predicted molar refractivity (Wildman–Crippen MR) is 126 cm³/mol. The Morgan fingerprint density at radius 3 is 2.52 bits per heavy atom. The van der Waals surface area contributed by atoms with Crippen molar-refractivity contribution in [3.8, 4) is 0 Å². The number of amides is 2. The van der Waals surface area contributed by atoms with Crippen molar-refractivity contribution in [1.82, 2.24) is 0 Å². The van der Waals surface area contributed by atoms with Crippen LogP contribution in [0.15, 0.2) is 48.5 Å². The maximum Gasteiger partial charge on any atom is 0.246 e. The minimum atomic E-state index is -0.439. The fraction of sp³-hybridized carbons (Fsp3) is 0.375. The van der Waals surface area contributed by atoms with Crippen LogP contribution >= 0.6 is 0 Å². The molecule has 5 N–H and O–H groups in total. The first-order valence-corrected chi connectivity index (χ1v) is 10.8. The van der Waals surface area contributed by atoms with E-state index in [4.69, 9.17) is 11.1 Å². The van der Waals surface area contributed by atoms with Gasteiger partial charge < -0.3 is 21.3 Å². The predicted octanol–water partition coefficient (Wildman–Crippen LogP) is 3.95. The fourth-order valence-corrected chi connectivity index (χ4v) is 3.71. The normalized spacial score (nSPS) is 14.9. The molecule has 1 heterocycles. The largest absolute Gasteiger partial charge is 0.384 e. The molecule has 2 amide bonds. The quantitative estimate of drug-likeness (QED) is 0.382. The highest BCUT2D eigenvalue weighted by molar-refractivity contribution is 5.98. The van der Waals surface area contributed by atoms with Gasteiger partial charge in [-0.3, -0.25) is 15.0 Å². The Labute approximate surface area is 183 Å². The van der Waals surface area contributed by atoms with E-state index in [1.807, 2.05) is 36.4 Å². The smallest absolute Gasteiger partial charge is 0.246 e. The standard InChI is InChI=1S/C24H31N5O2/c1-16(2)14-21(27-19-7-5-6-17(15-19)23(25)26)24(31)28-18-9-11-20(12-10-18)29-13-4-3-8-22(29)30/h5-7,9-12,15-16,21,27H,3-4,8,13-14H2,1-2H3,(H3,25,26)(H,28,31). The van der Waals surface area contributed by atoms with Crippen molar-refractivity contribution in [3.63, 3.8) is 0 Å². The van der Waals surface area contributed by atoms with Crippen molar-refractivity contribution >= 4 is 34.7 Å².